The van der Waals surface area contributed by atoms with Crippen molar-refractivity contribution in [1.82, 2.24) is 29.5 Å². The van der Waals surface area contributed by atoms with Gasteiger partial charge in [-0.15, -0.1) is 0 Å². The zero-order valence-corrected chi connectivity index (χ0v) is 20.4. The summed E-state index contributed by atoms with van der Waals surface area (Å²) in [5.74, 6) is 0.830. The third-order valence-corrected chi connectivity index (χ3v) is 7.07. The molecule has 1 fully saturated rings. The minimum atomic E-state index is -0.289. The van der Waals surface area contributed by atoms with E-state index in [0.717, 1.165) is 52.3 Å². The van der Waals surface area contributed by atoms with Crippen LogP contribution in [-0.2, 0) is 4.79 Å². The number of anilines is 1. The average Bonchev–Trinajstić information content (AvgIpc) is 3.47. The summed E-state index contributed by atoms with van der Waals surface area (Å²) in [6, 6.07) is 4.64. The van der Waals surface area contributed by atoms with E-state index in [4.69, 9.17) is 10.7 Å². The lowest BCUT2D eigenvalue weighted by Gasteiger charge is -2.18. The van der Waals surface area contributed by atoms with E-state index in [1.165, 1.54) is 11.1 Å². The molecular formula is C25H32N8O. The number of nitrogens with one attached hydrogen (secondary N) is 2. The van der Waals surface area contributed by atoms with Gasteiger partial charge in [-0.05, 0) is 56.4 Å². The van der Waals surface area contributed by atoms with E-state index in [2.05, 4.69) is 66.0 Å². The van der Waals surface area contributed by atoms with E-state index in [9.17, 15) is 4.79 Å². The Balaban J connectivity index is 1.52. The van der Waals surface area contributed by atoms with Crippen LogP contribution in [0.1, 0.15) is 49.8 Å². The molecule has 9 nitrogen and oxygen atoms in total. The van der Waals surface area contributed by atoms with Gasteiger partial charge in [0.15, 0.2) is 5.65 Å². The number of primary amides is 1. The number of nitrogens with two attached hydrogens (primary N) is 1. The third kappa shape index (κ3) is 3.79. The molecule has 0 aromatic carbocycles. The van der Waals surface area contributed by atoms with Crippen LogP contribution in [0.5, 0.6) is 0 Å². The van der Waals surface area contributed by atoms with Crippen LogP contribution in [0.3, 0.4) is 0 Å². The maximum Gasteiger partial charge on any atom is 0.231 e. The summed E-state index contributed by atoms with van der Waals surface area (Å²) in [5.41, 5.74) is 14.0. The van der Waals surface area contributed by atoms with E-state index in [0.29, 0.717) is 12.6 Å². The summed E-state index contributed by atoms with van der Waals surface area (Å²) in [6.07, 6.45) is 4.58. The van der Waals surface area contributed by atoms with Gasteiger partial charge in [0.1, 0.15) is 12.1 Å². The fraction of sp³-hybridized carbons (Fsp3) is 0.440. The van der Waals surface area contributed by atoms with Crippen molar-refractivity contribution >= 4 is 28.4 Å². The molecule has 34 heavy (non-hydrogen) atoms. The molecule has 0 saturated carbocycles. The predicted molar refractivity (Wildman–Crippen MR) is 134 cm³/mol. The summed E-state index contributed by atoms with van der Waals surface area (Å²) in [4.78, 5) is 26.6. The van der Waals surface area contributed by atoms with Gasteiger partial charge < -0.3 is 16.0 Å². The van der Waals surface area contributed by atoms with Gasteiger partial charge in [0, 0.05) is 36.0 Å². The molecule has 9 heteroatoms. The summed E-state index contributed by atoms with van der Waals surface area (Å²) in [5, 5.41) is 7.95. The van der Waals surface area contributed by atoms with E-state index < -0.39 is 0 Å². The van der Waals surface area contributed by atoms with Crippen molar-refractivity contribution in [2.45, 2.75) is 59.0 Å². The summed E-state index contributed by atoms with van der Waals surface area (Å²) in [7, 11) is 0. The number of hydrogen-bond donors (Lipinski definition) is 3. The van der Waals surface area contributed by atoms with Gasteiger partial charge >= 0.3 is 0 Å². The molecule has 4 aromatic heterocycles. The number of amides is 1. The lowest BCUT2D eigenvalue weighted by Crippen LogP contribution is -2.36. The van der Waals surface area contributed by atoms with E-state index >= 15 is 0 Å². The standard InChI is InChI=1S/C25H32N8O/c1-13(2)22-23(18-10-33-25(27-12-28-33)16(5)15(18)4)30-19-6-7-21(31-24(19)22)29-17-8-14(3)32(9-17)11-20(26)34/h6-7,10,12-14,17,30H,8-9,11H2,1-5H3,(H2,26,34)(H,29,31)/t14-,17+/m0/s1. The number of hydrogen-bond acceptors (Lipinski definition) is 6. The fourth-order valence-corrected chi connectivity index (χ4v) is 5.23. The van der Waals surface area contributed by atoms with Crippen LogP contribution >= 0.6 is 0 Å². The molecule has 1 aliphatic rings. The smallest absolute Gasteiger partial charge is 0.231 e. The van der Waals surface area contributed by atoms with Crippen molar-refractivity contribution in [1.29, 1.82) is 0 Å². The third-order valence-electron chi connectivity index (χ3n) is 7.07. The highest BCUT2D eigenvalue weighted by Gasteiger charge is 2.30. The molecule has 0 unspecified atom stereocenters. The number of likely N-dealkylation sites (tertiary alicyclic amines) is 1. The molecule has 1 saturated heterocycles. The number of nitrogens with zero attached hydrogens (tertiary/aromatic N) is 5. The van der Waals surface area contributed by atoms with Crippen molar-refractivity contribution in [3.8, 4) is 11.3 Å². The van der Waals surface area contributed by atoms with Crippen molar-refractivity contribution in [2.75, 3.05) is 18.4 Å². The van der Waals surface area contributed by atoms with E-state index in [1.54, 1.807) is 6.33 Å². The monoisotopic (exact) mass is 460 g/mol. The molecular weight excluding hydrogens is 428 g/mol. The maximum atomic E-state index is 11.4. The lowest BCUT2D eigenvalue weighted by atomic mass is 9.95. The summed E-state index contributed by atoms with van der Waals surface area (Å²) >= 11 is 0. The fourth-order valence-electron chi connectivity index (χ4n) is 5.23. The Hall–Kier alpha value is -3.46. The molecule has 1 amide bonds. The minimum Gasteiger partial charge on any atom is -0.369 e. The van der Waals surface area contributed by atoms with Crippen LogP contribution in [0.15, 0.2) is 24.7 Å². The molecule has 2 atom stereocenters. The van der Waals surface area contributed by atoms with Crippen molar-refractivity contribution in [3.63, 3.8) is 0 Å². The number of fused-ring (bicyclic) bond motifs is 2. The van der Waals surface area contributed by atoms with Gasteiger partial charge in [-0.1, -0.05) is 13.8 Å². The highest BCUT2D eigenvalue weighted by atomic mass is 16.1. The Morgan fingerprint density at radius 3 is 2.82 bits per heavy atom. The summed E-state index contributed by atoms with van der Waals surface area (Å²) < 4.78 is 1.84. The van der Waals surface area contributed by atoms with E-state index in [-0.39, 0.29) is 17.9 Å². The zero-order valence-electron chi connectivity index (χ0n) is 20.4. The molecule has 0 aliphatic carbocycles. The number of aromatic amines is 1. The number of carbonyl (C=O) groups excluding carboxylic acids is 1. The average molecular weight is 461 g/mol. The molecule has 5 rings (SSSR count). The second kappa shape index (κ2) is 8.39. The number of aromatic nitrogens is 5. The molecule has 0 radical (unpaired) electrons. The van der Waals surface area contributed by atoms with Gasteiger partial charge in [0.2, 0.25) is 5.91 Å². The Morgan fingerprint density at radius 2 is 2.09 bits per heavy atom. The zero-order chi connectivity index (χ0) is 24.1. The van der Waals surface area contributed by atoms with Crippen LogP contribution in [0.4, 0.5) is 5.82 Å². The minimum absolute atomic E-state index is 0.222. The molecule has 1 aliphatic heterocycles. The Bertz CT molecular complexity index is 1380. The van der Waals surface area contributed by atoms with Crippen LogP contribution < -0.4 is 11.1 Å². The topological polar surface area (TPSA) is 117 Å². The summed E-state index contributed by atoms with van der Waals surface area (Å²) in [6.45, 7) is 11.8. The SMILES string of the molecule is Cc1c(-c2[nH]c3ccc(N[C@@H]4C[C@H](C)N(CC(N)=O)C4)nc3c2C(C)C)cn2ncnc2c1C. The highest BCUT2D eigenvalue weighted by Crippen LogP contribution is 2.37. The second-order valence-electron chi connectivity index (χ2n) is 9.80. The highest BCUT2D eigenvalue weighted by molar-refractivity contribution is 5.90. The molecule has 178 valence electrons. The largest absolute Gasteiger partial charge is 0.369 e. The molecule has 0 spiro atoms. The van der Waals surface area contributed by atoms with Crippen molar-refractivity contribution in [3.05, 3.63) is 41.3 Å². The first-order valence-electron chi connectivity index (χ1n) is 11.8. The van der Waals surface area contributed by atoms with Gasteiger partial charge in [0.05, 0.1) is 23.3 Å². The Labute approximate surface area is 198 Å². The van der Waals surface area contributed by atoms with Crippen LogP contribution in [-0.4, -0.2) is 60.5 Å². The quantitative estimate of drug-likeness (QED) is 0.406. The predicted octanol–water partition coefficient (Wildman–Crippen LogP) is 3.37. The number of pyridine rings is 2. The second-order valence-corrected chi connectivity index (χ2v) is 9.80. The first-order chi connectivity index (χ1) is 16.2. The first kappa shape index (κ1) is 22.3. The Kier molecular flexibility index (Phi) is 5.51. The normalized spacial score (nSPS) is 19.0. The van der Waals surface area contributed by atoms with Gasteiger partial charge in [0.25, 0.3) is 0 Å². The number of H-pyrrole nitrogens is 1. The number of rotatable bonds is 6. The van der Waals surface area contributed by atoms with E-state index in [1.807, 2.05) is 16.8 Å². The molecule has 4 aromatic rings. The first-order valence-corrected chi connectivity index (χ1v) is 11.8. The number of aryl methyl sites for hydroxylation is 1. The van der Waals surface area contributed by atoms with Crippen LogP contribution in [0.2, 0.25) is 0 Å². The van der Waals surface area contributed by atoms with Crippen molar-refractivity contribution in [2.24, 2.45) is 5.73 Å². The van der Waals surface area contributed by atoms with Gasteiger partial charge in [-0.3, -0.25) is 9.69 Å². The molecule has 4 N–H and O–H groups in total. The van der Waals surface area contributed by atoms with Gasteiger partial charge in [-0.2, -0.15) is 5.10 Å². The van der Waals surface area contributed by atoms with Crippen LogP contribution in [0, 0.1) is 13.8 Å². The molecule has 5 heterocycles. The molecule has 0 bridgehead atoms. The van der Waals surface area contributed by atoms with Crippen LogP contribution in [0.25, 0.3) is 27.9 Å². The maximum absolute atomic E-state index is 11.4. The number of carbonyl (C=O) groups is 1. The van der Waals surface area contributed by atoms with Crippen molar-refractivity contribution < 1.29 is 4.79 Å². The van der Waals surface area contributed by atoms with Gasteiger partial charge in [-0.25, -0.2) is 14.5 Å². The lowest BCUT2D eigenvalue weighted by molar-refractivity contribution is -0.119. The Morgan fingerprint density at radius 1 is 1.29 bits per heavy atom.